The van der Waals surface area contributed by atoms with Gasteiger partial charge in [0.15, 0.2) is 5.82 Å². The Kier molecular flexibility index (Phi) is 10.6. The molecule has 0 saturated carbocycles. The molecule has 0 unspecified atom stereocenters. The number of aliphatic hydroxyl groups excluding tert-OH is 1. The van der Waals surface area contributed by atoms with Crippen molar-refractivity contribution in [2.45, 2.75) is 71.9 Å². The van der Waals surface area contributed by atoms with Crippen LogP contribution in [0.15, 0.2) is 22.7 Å². The first-order valence-corrected chi connectivity index (χ1v) is 14.6. The van der Waals surface area contributed by atoms with Gasteiger partial charge in [0, 0.05) is 30.4 Å². The summed E-state index contributed by atoms with van der Waals surface area (Å²) in [6.07, 6.45) is 3.46. The van der Waals surface area contributed by atoms with Gasteiger partial charge in [-0.25, -0.2) is 14.8 Å². The molecule has 1 amide bonds. The Bertz CT molecular complexity index is 1330. The maximum absolute atomic E-state index is 12.6. The Morgan fingerprint density at radius 3 is 2.78 bits per heavy atom. The molecule has 1 fully saturated rings. The van der Waals surface area contributed by atoms with E-state index in [0.29, 0.717) is 54.0 Å². The summed E-state index contributed by atoms with van der Waals surface area (Å²) < 4.78 is 16.6. The molecule has 2 atom stereocenters. The summed E-state index contributed by atoms with van der Waals surface area (Å²) >= 11 is 6.67. The maximum Gasteiger partial charge on any atom is 0.409 e. The fourth-order valence-corrected chi connectivity index (χ4v) is 5.50. The number of hydrogen-bond donors (Lipinski definition) is 2. The second-order valence-electron chi connectivity index (χ2n) is 10.4. The number of rotatable bonds is 11. The number of halogens is 1. The first-order chi connectivity index (χ1) is 19.7. The summed E-state index contributed by atoms with van der Waals surface area (Å²) in [7, 11) is 1.77. The van der Waals surface area contributed by atoms with Crippen molar-refractivity contribution in [2.75, 3.05) is 33.4 Å². The number of benzene rings is 1. The summed E-state index contributed by atoms with van der Waals surface area (Å²) in [5.74, 6) is 1.68. The zero-order chi connectivity index (χ0) is 29.5. The monoisotopic (exact) mass is 585 g/mol. The SMILES string of the molecule is CCOC(=O)N1CCCC[C@@H]1CCc1nc(-c2cc(OC[C@H](O)CNC)ccc2Cl)nc(-c2c(C)noc2C)c1C. The summed E-state index contributed by atoms with van der Waals surface area (Å²) in [4.78, 5) is 24.4. The van der Waals surface area contributed by atoms with Crippen molar-refractivity contribution in [2.24, 2.45) is 0 Å². The van der Waals surface area contributed by atoms with Gasteiger partial charge < -0.3 is 29.3 Å². The number of nitrogens with zero attached hydrogens (tertiary/aromatic N) is 4. The highest BCUT2D eigenvalue weighted by molar-refractivity contribution is 6.33. The third-order valence-electron chi connectivity index (χ3n) is 7.42. The quantitative estimate of drug-likeness (QED) is 0.309. The van der Waals surface area contributed by atoms with Crippen molar-refractivity contribution < 1.29 is 23.9 Å². The number of nitrogens with one attached hydrogen (secondary N) is 1. The zero-order valence-corrected chi connectivity index (χ0v) is 25.3. The van der Waals surface area contributed by atoms with Crippen LogP contribution in [0.2, 0.25) is 5.02 Å². The maximum atomic E-state index is 12.6. The van der Waals surface area contributed by atoms with Crippen molar-refractivity contribution >= 4 is 17.7 Å². The molecule has 2 N–H and O–H groups in total. The van der Waals surface area contributed by atoms with Gasteiger partial charge in [0.05, 0.1) is 28.6 Å². The lowest BCUT2D eigenvalue weighted by atomic mass is 9.95. The molecule has 3 heterocycles. The second kappa shape index (κ2) is 14.1. The van der Waals surface area contributed by atoms with Gasteiger partial charge in [-0.15, -0.1) is 0 Å². The molecular weight excluding hydrogens is 546 g/mol. The number of aryl methyl sites for hydroxylation is 3. The second-order valence-corrected chi connectivity index (χ2v) is 10.8. The molecule has 1 aliphatic heterocycles. The molecular formula is C30H40ClN5O5. The number of likely N-dealkylation sites (tertiary alicyclic amines) is 1. The smallest absolute Gasteiger partial charge is 0.409 e. The van der Waals surface area contributed by atoms with Crippen LogP contribution in [0.5, 0.6) is 5.75 Å². The molecule has 0 radical (unpaired) electrons. The van der Waals surface area contributed by atoms with Crippen molar-refractivity contribution in [3.8, 4) is 28.4 Å². The van der Waals surface area contributed by atoms with E-state index >= 15 is 0 Å². The van der Waals surface area contributed by atoms with Gasteiger partial charge in [0.1, 0.15) is 24.2 Å². The van der Waals surface area contributed by atoms with Crippen LogP contribution >= 0.6 is 11.6 Å². The molecule has 10 nitrogen and oxygen atoms in total. The number of carbonyl (C=O) groups is 1. The van der Waals surface area contributed by atoms with Gasteiger partial charge >= 0.3 is 6.09 Å². The molecule has 0 spiro atoms. The van der Waals surface area contributed by atoms with Crippen molar-refractivity contribution in [1.29, 1.82) is 0 Å². The normalized spacial score (nSPS) is 16.1. The number of aliphatic hydroxyl groups is 1. The van der Waals surface area contributed by atoms with Crippen molar-refractivity contribution in [3.63, 3.8) is 0 Å². The fraction of sp³-hybridized carbons (Fsp3) is 0.533. The number of likely N-dealkylation sites (N-methyl/N-ethyl adjacent to an activating group) is 1. The van der Waals surface area contributed by atoms with E-state index in [1.165, 1.54) is 0 Å². The molecule has 4 rings (SSSR count). The number of carbonyl (C=O) groups excluding carboxylic acids is 1. The van der Waals surface area contributed by atoms with Crippen LogP contribution < -0.4 is 10.1 Å². The Hall–Kier alpha value is -3.21. The summed E-state index contributed by atoms with van der Waals surface area (Å²) in [5, 5.41) is 17.6. The highest BCUT2D eigenvalue weighted by Crippen LogP contribution is 2.35. The molecule has 1 saturated heterocycles. The lowest BCUT2D eigenvalue weighted by Crippen LogP contribution is -2.44. The van der Waals surface area contributed by atoms with E-state index in [2.05, 4.69) is 10.5 Å². The largest absolute Gasteiger partial charge is 0.491 e. The van der Waals surface area contributed by atoms with E-state index in [1.54, 1.807) is 25.2 Å². The van der Waals surface area contributed by atoms with Crippen LogP contribution in [-0.4, -0.2) is 76.7 Å². The Balaban J connectivity index is 1.70. The predicted molar refractivity (Wildman–Crippen MR) is 157 cm³/mol. The first kappa shape index (κ1) is 30.7. The number of piperidine rings is 1. The molecule has 2 aromatic heterocycles. The summed E-state index contributed by atoms with van der Waals surface area (Å²) in [6, 6.07) is 5.38. The van der Waals surface area contributed by atoms with E-state index in [-0.39, 0.29) is 18.7 Å². The van der Waals surface area contributed by atoms with Crippen molar-refractivity contribution in [3.05, 3.63) is 45.9 Å². The summed E-state index contributed by atoms with van der Waals surface area (Å²) in [5.41, 5.74) is 4.72. The summed E-state index contributed by atoms with van der Waals surface area (Å²) in [6.45, 7) is 9.20. The van der Waals surface area contributed by atoms with Gasteiger partial charge in [-0.3, -0.25) is 0 Å². The Morgan fingerprint density at radius 2 is 2.07 bits per heavy atom. The molecule has 0 aliphatic carbocycles. The van der Waals surface area contributed by atoms with Crippen LogP contribution in [0, 0.1) is 20.8 Å². The van der Waals surface area contributed by atoms with Crippen LogP contribution in [-0.2, 0) is 11.2 Å². The van der Waals surface area contributed by atoms with E-state index in [1.807, 2.05) is 32.6 Å². The number of aromatic nitrogens is 3. The molecule has 3 aromatic rings. The number of ether oxygens (including phenoxy) is 2. The Morgan fingerprint density at radius 1 is 1.27 bits per heavy atom. The standard InChI is InChI=1S/C30H40ClN5O5/c1-6-39-30(38)36-14-8-7-9-21(36)10-13-26-18(2)28(27-19(3)35-41-20(27)4)34-29(33-26)24-15-23(11-12-25(24)31)40-17-22(37)16-32-5/h11-12,15,21-22,32,37H,6-10,13-14,16-17H2,1-5H3/t21-,22-/m1/s1. The molecule has 0 bridgehead atoms. The van der Waals surface area contributed by atoms with E-state index < -0.39 is 6.10 Å². The molecule has 222 valence electrons. The van der Waals surface area contributed by atoms with Gasteiger partial charge in [0.2, 0.25) is 0 Å². The van der Waals surface area contributed by atoms with Gasteiger partial charge in [-0.1, -0.05) is 16.8 Å². The van der Waals surface area contributed by atoms with E-state index in [4.69, 9.17) is 35.6 Å². The van der Waals surface area contributed by atoms with Crippen LogP contribution in [0.25, 0.3) is 22.6 Å². The lowest BCUT2D eigenvalue weighted by molar-refractivity contribution is 0.0745. The third-order valence-corrected chi connectivity index (χ3v) is 7.75. The highest BCUT2D eigenvalue weighted by atomic mass is 35.5. The lowest BCUT2D eigenvalue weighted by Gasteiger charge is -2.35. The Labute approximate surface area is 246 Å². The minimum atomic E-state index is -0.651. The van der Waals surface area contributed by atoms with Gasteiger partial charge in [-0.2, -0.15) is 0 Å². The first-order valence-electron chi connectivity index (χ1n) is 14.2. The van der Waals surface area contributed by atoms with Gasteiger partial charge in [-0.05, 0) is 90.6 Å². The molecule has 41 heavy (non-hydrogen) atoms. The van der Waals surface area contributed by atoms with Crippen LogP contribution in [0.4, 0.5) is 4.79 Å². The average Bonchev–Trinajstić information content (AvgIpc) is 3.29. The van der Waals surface area contributed by atoms with E-state index in [0.717, 1.165) is 53.9 Å². The van der Waals surface area contributed by atoms with Crippen molar-refractivity contribution in [1.82, 2.24) is 25.3 Å². The van der Waals surface area contributed by atoms with Gasteiger partial charge in [0.25, 0.3) is 0 Å². The molecule has 1 aromatic carbocycles. The predicted octanol–water partition coefficient (Wildman–Crippen LogP) is 5.28. The van der Waals surface area contributed by atoms with E-state index in [9.17, 15) is 9.90 Å². The van der Waals surface area contributed by atoms with Crippen LogP contribution in [0.1, 0.15) is 55.3 Å². The molecule has 1 aliphatic rings. The number of hydrogen-bond acceptors (Lipinski definition) is 9. The molecule has 11 heteroatoms. The van der Waals surface area contributed by atoms with Crippen LogP contribution in [0.3, 0.4) is 0 Å². The minimum Gasteiger partial charge on any atom is -0.491 e. The third kappa shape index (κ3) is 7.36. The number of amides is 1. The highest BCUT2D eigenvalue weighted by Gasteiger charge is 2.28. The zero-order valence-electron chi connectivity index (χ0n) is 24.5. The fourth-order valence-electron chi connectivity index (χ4n) is 5.29. The minimum absolute atomic E-state index is 0.0764. The average molecular weight is 586 g/mol. The topological polar surface area (TPSA) is 123 Å².